The number of hydrogen-bond donors (Lipinski definition) is 1. The van der Waals surface area contributed by atoms with Crippen LogP contribution in [0.5, 0.6) is 5.75 Å². The van der Waals surface area contributed by atoms with Gasteiger partial charge in [-0.25, -0.2) is 0 Å². The van der Waals surface area contributed by atoms with Gasteiger partial charge in [0.05, 0.1) is 5.56 Å². The Kier molecular flexibility index (Phi) is 2.81. The van der Waals surface area contributed by atoms with Gasteiger partial charge < -0.3 is 20.0 Å². The van der Waals surface area contributed by atoms with E-state index in [1.807, 2.05) is 6.92 Å². The molecule has 102 valence electrons. The summed E-state index contributed by atoms with van der Waals surface area (Å²) in [6, 6.07) is 0. The average Bonchev–Trinajstić information content (AvgIpc) is 2.54. The summed E-state index contributed by atoms with van der Waals surface area (Å²) in [5, 5.41) is 13.0. The van der Waals surface area contributed by atoms with Gasteiger partial charge in [-0.1, -0.05) is 0 Å². The fourth-order valence-corrected chi connectivity index (χ4v) is 2.41. The van der Waals surface area contributed by atoms with Crippen LogP contribution in [0.1, 0.15) is 40.9 Å². The van der Waals surface area contributed by atoms with E-state index >= 15 is 0 Å². The van der Waals surface area contributed by atoms with Crippen molar-refractivity contribution in [2.24, 2.45) is 0 Å². The highest BCUT2D eigenvalue weighted by Gasteiger charge is 2.42. The van der Waals surface area contributed by atoms with Crippen molar-refractivity contribution in [3.8, 4) is 5.75 Å². The van der Waals surface area contributed by atoms with Crippen LogP contribution in [-0.4, -0.2) is 17.5 Å². The number of carbonyl (C=O) groups is 2. The number of ether oxygens (including phenoxy) is 1. The summed E-state index contributed by atoms with van der Waals surface area (Å²) in [4.78, 5) is 23.1. The lowest BCUT2D eigenvalue weighted by Gasteiger charge is -2.18. The monoisotopic (exact) mass is 262 g/mol. The molecule has 0 unspecified atom stereocenters. The number of amides is 1. The summed E-state index contributed by atoms with van der Waals surface area (Å²) in [6.07, 6.45) is -1.39. The first-order valence-electron chi connectivity index (χ1n) is 6.02. The van der Waals surface area contributed by atoms with Crippen molar-refractivity contribution >= 4 is 17.6 Å². The molecule has 1 heterocycles. The van der Waals surface area contributed by atoms with Crippen LogP contribution in [0.3, 0.4) is 0 Å². The van der Waals surface area contributed by atoms with Crippen molar-refractivity contribution < 1.29 is 19.4 Å². The second kappa shape index (κ2) is 3.98. The minimum absolute atomic E-state index is 0.135. The Hall–Kier alpha value is -2.04. The number of fused-ring (bicyclic) bond motifs is 1. The molecule has 0 saturated carbocycles. The zero-order chi connectivity index (χ0) is 14.5. The molecule has 1 aromatic rings. The van der Waals surface area contributed by atoms with E-state index in [0.717, 1.165) is 11.1 Å². The summed E-state index contributed by atoms with van der Waals surface area (Å²) < 4.78 is 5.72. The molecule has 0 atom stereocenters. The fourth-order valence-electron chi connectivity index (χ4n) is 2.41. The van der Waals surface area contributed by atoms with Gasteiger partial charge >= 0.3 is 0 Å². The molecule has 0 saturated heterocycles. The topological polar surface area (TPSA) is 78.5 Å². The molecule has 1 aliphatic heterocycles. The van der Waals surface area contributed by atoms with E-state index in [1.54, 1.807) is 27.7 Å². The number of hydrogen-bond acceptors (Lipinski definition) is 4. The highest BCUT2D eigenvalue weighted by atomic mass is 16.5. The van der Waals surface area contributed by atoms with Gasteiger partial charge in [0.25, 0.3) is 0 Å². The number of benzene rings is 1. The van der Waals surface area contributed by atoms with Crippen molar-refractivity contribution in [3.63, 3.8) is 0 Å². The van der Waals surface area contributed by atoms with Crippen molar-refractivity contribution in [2.45, 2.75) is 40.2 Å². The minimum Gasteiger partial charge on any atom is -0.530 e. The largest absolute Gasteiger partial charge is 0.530 e. The molecule has 1 aliphatic rings. The van der Waals surface area contributed by atoms with Crippen molar-refractivity contribution in [3.05, 3.63) is 22.3 Å². The molecule has 0 fully saturated rings. The Morgan fingerprint density at radius 1 is 1.16 bits per heavy atom. The molecule has 19 heavy (non-hydrogen) atoms. The smallest absolute Gasteiger partial charge is 0.209 e. The van der Waals surface area contributed by atoms with Crippen LogP contribution in [0.15, 0.2) is 0 Å². The molecular weight excluding hydrogens is 246 g/mol. The average molecular weight is 262 g/mol. The third-order valence-corrected chi connectivity index (χ3v) is 3.61. The number of ketones is 1. The highest BCUT2D eigenvalue weighted by Crippen LogP contribution is 2.44. The van der Waals surface area contributed by atoms with Crippen LogP contribution in [0.2, 0.25) is 0 Å². The number of nitrogens with one attached hydrogen (secondary N) is 1. The van der Waals surface area contributed by atoms with Gasteiger partial charge in [0, 0.05) is 5.69 Å². The maximum Gasteiger partial charge on any atom is 0.209 e. The van der Waals surface area contributed by atoms with Gasteiger partial charge in [-0.05, 0) is 51.3 Å². The second-order valence-corrected chi connectivity index (χ2v) is 5.31. The van der Waals surface area contributed by atoms with Gasteiger partial charge in [0.1, 0.15) is 11.8 Å². The zero-order valence-electron chi connectivity index (χ0n) is 11.6. The number of anilines is 1. The maximum absolute atomic E-state index is 12.3. The minimum atomic E-state index is -1.39. The van der Waals surface area contributed by atoms with E-state index < -0.39 is 11.7 Å². The molecule has 0 bridgehead atoms. The van der Waals surface area contributed by atoms with E-state index in [9.17, 15) is 14.7 Å². The van der Waals surface area contributed by atoms with E-state index in [0.29, 0.717) is 22.6 Å². The van der Waals surface area contributed by atoms with E-state index in [2.05, 4.69) is 5.32 Å². The fraction of sp³-hybridized carbons (Fsp3) is 0.429. The lowest BCUT2D eigenvalue weighted by molar-refractivity contribution is -0.242. The van der Waals surface area contributed by atoms with E-state index in [-0.39, 0.29) is 5.78 Å². The maximum atomic E-state index is 12.3. The van der Waals surface area contributed by atoms with Crippen molar-refractivity contribution in [2.75, 3.05) is 5.32 Å². The van der Waals surface area contributed by atoms with Crippen molar-refractivity contribution in [1.29, 1.82) is 0 Å². The van der Waals surface area contributed by atoms with Crippen LogP contribution < -0.4 is 15.2 Å². The summed E-state index contributed by atoms with van der Waals surface area (Å²) >= 11 is 0. The normalized spacial score (nSPS) is 15.9. The number of carboxylic acid groups (broad SMARTS) is 1. The summed E-state index contributed by atoms with van der Waals surface area (Å²) in [5.74, 6) is 0.415. The number of Topliss-reactive ketones (excluding diaryl/α,β-unsaturated/α-hetero) is 1. The van der Waals surface area contributed by atoms with Crippen LogP contribution in [0, 0.1) is 20.8 Å². The molecule has 0 radical (unpaired) electrons. The first-order chi connectivity index (χ1) is 8.66. The molecule has 5 heteroatoms. The lowest BCUT2D eigenvalue weighted by Crippen LogP contribution is -2.32. The molecule has 0 spiro atoms. The highest BCUT2D eigenvalue weighted by molar-refractivity contribution is 6.10. The second-order valence-electron chi connectivity index (χ2n) is 5.31. The predicted molar refractivity (Wildman–Crippen MR) is 68.7 cm³/mol. The first kappa shape index (κ1) is 13.4. The van der Waals surface area contributed by atoms with Crippen LogP contribution in [0.4, 0.5) is 10.5 Å². The molecule has 2 rings (SSSR count). The summed E-state index contributed by atoms with van der Waals surface area (Å²) in [5.41, 5.74) is 2.04. The van der Waals surface area contributed by atoms with Gasteiger partial charge in [-0.3, -0.25) is 4.79 Å². The standard InChI is InChI=1S/C14H17NO4/c1-6-7(2)11-9(12(16)14(4,5)19-11)8(3)10(6)15-13(17)18/h15H,1-5H3,(H,17,18)/p-1. The number of carbonyl (C=O) groups excluding carboxylic acids is 2. The molecule has 0 aromatic heterocycles. The van der Waals surface area contributed by atoms with E-state index in [1.165, 1.54) is 0 Å². The van der Waals surface area contributed by atoms with E-state index in [4.69, 9.17) is 4.74 Å². The molecule has 0 aliphatic carbocycles. The van der Waals surface area contributed by atoms with Gasteiger partial charge in [-0.2, -0.15) is 0 Å². The first-order valence-corrected chi connectivity index (χ1v) is 6.02. The van der Waals surface area contributed by atoms with Crippen LogP contribution in [0.25, 0.3) is 0 Å². The Labute approximate surface area is 111 Å². The Morgan fingerprint density at radius 2 is 1.74 bits per heavy atom. The predicted octanol–water partition coefficient (Wildman–Crippen LogP) is 1.72. The number of rotatable bonds is 1. The SMILES string of the molecule is Cc1c(C)c2c(c(C)c1NC(=O)[O-])C(=O)C(C)(C)O2. The summed E-state index contributed by atoms with van der Waals surface area (Å²) in [7, 11) is 0. The molecule has 1 amide bonds. The van der Waals surface area contributed by atoms with Gasteiger partial charge in [0.15, 0.2) is 5.60 Å². The van der Waals surface area contributed by atoms with Crippen LogP contribution in [-0.2, 0) is 0 Å². The van der Waals surface area contributed by atoms with Gasteiger partial charge in [-0.15, -0.1) is 0 Å². The Bertz CT molecular complexity index is 602. The molecular formula is C14H16NO4-. The van der Waals surface area contributed by atoms with Crippen LogP contribution >= 0.6 is 0 Å². The Morgan fingerprint density at radius 3 is 2.26 bits per heavy atom. The summed E-state index contributed by atoms with van der Waals surface area (Å²) in [6.45, 7) is 8.71. The zero-order valence-corrected chi connectivity index (χ0v) is 11.6. The molecule has 1 N–H and O–H groups in total. The quantitative estimate of drug-likeness (QED) is 0.835. The molecule has 5 nitrogen and oxygen atoms in total. The third-order valence-electron chi connectivity index (χ3n) is 3.61. The third kappa shape index (κ3) is 1.85. The Balaban J connectivity index is 2.73. The lowest BCUT2D eigenvalue weighted by atomic mass is 9.91. The van der Waals surface area contributed by atoms with Crippen molar-refractivity contribution in [1.82, 2.24) is 0 Å². The van der Waals surface area contributed by atoms with Gasteiger partial charge in [0.2, 0.25) is 5.78 Å². The molecule has 1 aromatic carbocycles.